The van der Waals surface area contributed by atoms with Gasteiger partial charge in [-0.3, -0.25) is 4.79 Å². The molecule has 0 spiro atoms. The highest BCUT2D eigenvalue weighted by Gasteiger charge is 2.29. The highest BCUT2D eigenvalue weighted by atomic mass is 79.9. The number of carbonyl (C=O) groups is 1. The van der Waals surface area contributed by atoms with Gasteiger partial charge in [0.2, 0.25) is 0 Å². The molecular weight excluding hydrogens is 436 g/mol. The van der Waals surface area contributed by atoms with Crippen molar-refractivity contribution in [2.75, 3.05) is 5.32 Å². The summed E-state index contributed by atoms with van der Waals surface area (Å²) < 4.78 is 14.8. The monoisotopic (exact) mass is 443 g/mol. The molecule has 1 aliphatic rings. The van der Waals surface area contributed by atoms with E-state index in [-0.39, 0.29) is 10.9 Å². The van der Waals surface area contributed by atoms with Gasteiger partial charge in [-0.05, 0) is 58.3 Å². The molecular formula is C16H9Br2ClFNO. The number of carbonyl (C=O) groups excluding carboxylic acids is 1. The van der Waals surface area contributed by atoms with Gasteiger partial charge >= 0.3 is 0 Å². The molecule has 0 saturated carbocycles. The Bertz CT molecular complexity index is 849. The third kappa shape index (κ3) is 2.62. The highest BCUT2D eigenvalue weighted by Crippen LogP contribution is 2.43. The summed E-state index contributed by atoms with van der Waals surface area (Å²) in [4.78, 5) is 12.3. The maximum atomic E-state index is 13.1. The van der Waals surface area contributed by atoms with Gasteiger partial charge < -0.3 is 5.32 Å². The van der Waals surface area contributed by atoms with Gasteiger partial charge in [0.25, 0.3) is 5.91 Å². The first-order valence-corrected chi connectivity index (χ1v) is 8.32. The lowest BCUT2D eigenvalue weighted by atomic mass is 9.99. The van der Waals surface area contributed by atoms with E-state index >= 15 is 0 Å². The van der Waals surface area contributed by atoms with Crippen molar-refractivity contribution in [2.24, 2.45) is 0 Å². The van der Waals surface area contributed by atoms with Gasteiger partial charge in [0.1, 0.15) is 5.82 Å². The van der Waals surface area contributed by atoms with Crippen LogP contribution < -0.4 is 5.32 Å². The molecule has 3 rings (SSSR count). The van der Waals surface area contributed by atoms with Crippen molar-refractivity contribution in [3.63, 3.8) is 0 Å². The Hall–Kier alpha value is -1.17. The predicted octanol–water partition coefficient (Wildman–Crippen LogP) is 5.81. The number of halogens is 4. The average Bonchev–Trinajstić information content (AvgIpc) is 2.77. The van der Waals surface area contributed by atoms with Gasteiger partial charge in [-0.2, -0.15) is 0 Å². The van der Waals surface area contributed by atoms with E-state index < -0.39 is 5.82 Å². The lowest BCUT2D eigenvalue weighted by Gasteiger charge is -2.08. The van der Waals surface area contributed by atoms with Gasteiger partial charge in [0, 0.05) is 20.1 Å². The standard InChI is InChI=1S/C16H9Br2ClFNO/c1-7-11(17)6-12(18)15-14(7)10(16(22)21-15)4-8-2-3-9(20)5-13(8)19/h2-6H,1H3,(H,21,22). The van der Waals surface area contributed by atoms with Gasteiger partial charge in [-0.25, -0.2) is 4.39 Å². The minimum atomic E-state index is -0.412. The molecule has 0 bridgehead atoms. The third-order valence-corrected chi connectivity index (χ3v) is 5.27. The van der Waals surface area contributed by atoms with Crippen LogP contribution in [0.5, 0.6) is 0 Å². The molecule has 0 fully saturated rings. The topological polar surface area (TPSA) is 29.1 Å². The number of fused-ring (bicyclic) bond motifs is 1. The molecule has 6 heteroatoms. The number of rotatable bonds is 1. The van der Waals surface area contributed by atoms with Crippen molar-refractivity contribution in [1.82, 2.24) is 0 Å². The quantitative estimate of drug-likeness (QED) is 0.552. The smallest absolute Gasteiger partial charge is 0.256 e. The van der Waals surface area contributed by atoms with E-state index in [1.807, 2.05) is 13.0 Å². The molecule has 2 nitrogen and oxygen atoms in total. The zero-order valence-electron chi connectivity index (χ0n) is 11.3. The number of benzene rings is 2. The van der Waals surface area contributed by atoms with E-state index in [1.54, 1.807) is 12.1 Å². The summed E-state index contributed by atoms with van der Waals surface area (Å²) in [5.74, 6) is -0.623. The van der Waals surface area contributed by atoms with E-state index in [9.17, 15) is 9.18 Å². The van der Waals surface area contributed by atoms with Crippen LogP contribution >= 0.6 is 43.5 Å². The minimum Gasteiger partial charge on any atom is -0.320 e. The van der Waals surface area contributed by atoms with Crippen LogP contribution in [0.25, 0.3) is 11.6 Å². The summed E-state index contributed by atoms with van der Waals surface area (Å²) >= 11 is 13.0. The van der Waals surface area contributed by atoms with Gasteiger partial charge in [0.15, 0.2) is 0 Å². The lowest BCUT2D eigenvalue weighted by molar-refractivity contribution is -0.110. The molecule has 0 radical (unpaired) electrons. The van der Waals surface area contributed by atoms with Crippen molar-refractivity contribution in [3.05, 3.63) is 60.7 Å². The first-order valence-electron chi connectivity index (χ1n) is 6.35. The molecule has 22 heavy (non-hydrogen) atoms. The molecule has 0 unspecified atom stereocenters. The number of amides is 1. The zero-order valence-corrected chi connectivity index (χ0v) is 15.2. The van der Waals surface area contributed by atoms with Crippen LogP contribution in [-0.4, -0.2) is 5.91 Å². The normalized spacial score (nSPS) is 15.1. The molecule has 1 aliphatic heterocycles. The van der Waals surface area contributed by atoms with Crippen molar-refractivity contribution in [3.8, 4) is 0 Å². The fourth-order valence-electron chi connectivity index (χ4n) is 2.38. The molecule has 112 valence electrons. The highest BCUT2D eigenvalue weighted by molar-refractivity contribution is 9.11. The Morgan fingerprint density at radius 2 is 1.95 bits per heavy atom. The Balaban J connectivity index is 2.22. The van der Waals surface area contributed by atoms with Gasteiger partial charge in [-0.15, -0.1) is 0 Å². The van der Waals surface area contributed by atoms with Crippen LogP contribution in [0.2, 0.25) is 5.02 Å². The van der Waals surface area contributed by atoms with E-state index in [2.05, 4.69) is 37.2 Å². The summed E-state index contributed by atoms with van der Waals surface area (Å²) in [6, 6.07) is 5.99. The fourth-order valence-corrected chi connectivity index (χ4v) is 3.87. The maximum absolute atomic E-state index is 13.1. The number of nitrogens with one attached hydrogen (secondary N) is 1. The zero-order chi connectivity index (χ0) is 16.0. The summed E-state index contributed by atoms with van der Waals surface area (Å²) in [7, 11) is 0. The SMILES string of the molecule is Cc1c(Br)cc(Br)c2c1C(=Cc1ccc(F)cc1Cl)C(=O)N2. The molecule has 2 aromatic carbocycles. The summed E-state index contributed by atoms with van der Waals surface area (Å²) in [6.07, 6.45) is 1.68. The molecule has 0 aliphatic carbocycles. The van der Waals surface area contributed by atoms with Crippen LogP contribution in [0.4, 0.5) is 10.1 Å². The Morgan fingerprint density at radius 1 is 1.23 bits per heavy atom. The molecule has 2 aromatic rings. The number of hydrogen-bond donors (Lipinski definition) is 1. The van der Waals surface area contributed by atoms with Crippen LogP contribution in [0.3, 0.4) is 0 Å². The summed E-state index contributed by atoms with van der Waals surface area (Å²) in [5, 5.41) is 3.11. The Morgan fingerprint density at radius 3 is 2.64 bits per heavy atom. The number of anilines is 1. The van der Waals surface area contributed by atoms with E-state index in [0.29, 0.717) is 11.1 Å². The van der Waals surface area contributed by atoms with Gasteiger partial charge in [0.05, 0.1) is 10.7 Å². The Labute approximate surface area is 148 Å². The molecule has 0 saturated heterocycles. The van der Waals surface area contributed by atoms with Gasteiger partial charge in [-0.1, -0.05) is 33.6 Å². The summed E-state index contributed by atoms with van der Waals surface area (Å²) in [6.45, 7) is 1.93. The predicted molar refractivity (Wildman–Crippen MR) is 94.5 cm³/mol. The van der Waals surface area contributed by atoms with Crippen LogP contribution in [0, 0.1) is 12.7 Å². The first kappa shape index (κ1) is 15.7. The fraction of sp³-hybridized carbons (Fsp3) is 0.0625. The molecule has 0 atom stereocenters. The van der Waals surface area contributed by atoms with Crippen LogP contribution in [0.15, 0.2) is 33.2 Å². The minimum absolute atomic E-state index is 0.211. The summed E-state index contributed by atoms with van der Waals surface area (Å²) in [5.41, 5.74) is 3.59. The molecule has 0 aromatic heterocycles. The number of hydrogen-bond acceptors (Lipinski definition) is 1. The second-order valence-corrected chi connectivity index (χ2v) is 7.01. The van der Waals surface area contributed by atoms with Crippen molar-refractivity contribution >= 4 is 66.7 Å². The largest absolute Gasteiger partial charge is 0.320 e. The maximum Gasteiger partial charge on any atom is 0.256 e. The van der Waals surface area contributed by atoms with Crippen molar-refractivity contribution < 1.29 is 9.18 Å². The van der Waals surface area contributed by atoms with Crippen LogP contribution in [0.1, 0.15) is 16.7 Å². The van der Waals surface area contributed by atoms with Crippen molar-refractivity contribution in [1.29, 1.82) is 0 Å². The van der Waals surface area contributed by atoms with E-state index in [1.165, 1.54) is 12.1 Å². The second kappa shape index (κ2) is 5.80. The third-order valence-electron chi connectivity index (χ3n) is 3.49. The molecule has 1 heterocycles. The van der Waals surface area contributed by atoms with E-state index in [0.717, 1.165) is 25.8 Å². The van der Waals surface area contributed by atoms with Crippen LogP contribution in [-0.2, 0) is 4.79 Å². The second-order valence-electron chi connectivity index (χ2n) is 4.89. The molecule has 1 amide bonds. The first-order chi connectivity index (χ1) is 10.4. The Kier molecular flexibility index (Phi) is 4.14. The lowest BCUT2D eigenvalue weighted by Crippen LogP contribution is -2.03. The van der Waals surface area contributed by atoms with Crippen molar-refractivity contribution in [2.45, 2.75) is 6.92 Å². The van der Waals surface area contributed by atoms with E-state index in [4.69, 9.17) is 11.6 Å². The molecule has 1 N–H and O–H groups in total. The average molecular weight is 446 g/mol.